The molecule has 7 N–H and O–H groups in total. The molecule has 9 heteroatoms. The zero-order valence-electron chi connectivity index (χ0n) is 21.2. The Kier molecular flexibility index (Phi) is 7.80. The summed E-state index contributed by atoms with van der Waals surface area (Å²) in [6, 6.07) is 0. The molecule has 0 aliphatic carbocycles. The molecule has 0 aromatic rings. The number of hydrogen-bond donors (Lipinski definition) is 7. The van der Waals surface area contributed by atoms with Crippen LogP contribution in [0.1, 0.15) is 81.1 Å². The number of carbonyl (C=O) groups excluding carboxylic acids is 1. The first-order valence-corrected chi connectivity index (χ1v) is 11.6. The number of aliphatic hydroxyl groups excluding tert-OH is 1. The lowest BCUT2D eigenvalue weighted by Gasteiger charge is -2.50. The van der Waals surface area contributed by atoms with Crippen molar-refractivity contribution in [3.05, 3.63) is 0 Å². The van der Waals surface area contributed by atoms with Crippen LogP contribution in [-0.2, 0) is 9.53 Å². The van der Waals surface area contributed by atoms with Crippen LogP contribution >= 0.6 is 0 Å². The zero-order chi connectivity index (χ0) is 24.6. The smallest absolute Gasteiger partial charge is 0.252 e. The van der Waals surface area contributed by atoms with Crippen LogP contribution in [0.2, 0.25) is 0 Å². The molecule has 9 nitrogen and oxygen atoms in total. The lowest BCUT2D eigenvalue weighted by atomic mass is 9.72. The molecule has 2 rings (SSSR count). The average Bonchev–Trinajstić information content (AvgIpc) is 2.49. The van der Waals surface area contributed by atoms with Gasteiger partial charge in [0.1, 0.15) is 12.3 Å². The first-order chi connectivity index (χ1) is 14.3. The fourth-order valence-corrected chi connectivity index (χ4v) is 6.10. The summed E-state index contributed by atoms with van der Waals surface area (Å²) in [5.74, 6) is -1.73. The first-order valence-electron chi connectivity index (χ1n) is 11.6. The van der Waals surface area contributed by atoms with Gasteiger partial charge in [-0.25, -0.2) is 0 Å². The van der Waals surface area contributed by atoms with Crippen LogP contribution in [-0.4, -0.2) is 80.7 Å². The molecule has 2 fully saturated rings. The third-order valence-corrected chi connectivity index (χ3v) is 6.00. The highest BCUT2D eigenvalue weighted by Crippen LogP contribution is 2.37. The Hall–Kier alpha value is -0.810. The van der Waals surface area contributed by atoms with Gasteiger partial charge in [0, 0.05) is 60.9 Å². The highest BCUT2D eigenvalue weighted by Gasteiger charge is 2.50. The van der Waals surface area contributed by atoms with E-state index in [9.17, 15) is 20.1 Å². The Morgan fingerprint density at radius 1 is 0.844 bits per heavy atom. The minimum Gasteiger partial charge on any atom is -0.390 e. The molecule has 2 saturated heterocycles. The van der Waals surface area contributed by atoms with Gasteiger partial charge in [0.25, 0.3) is 5.91 Å². The van der Waals surface area contributed by atoms with Gasteiger partial charge in [0.05, 0.1) is 6.10 Å². The molecule has 0 aromatic heterocycles. The number of aliphatic hydroxyl groups is 3. The van der Waals surface area contributed by atoms with Gasteiger partial charge in [-0.15, -0.1) is 0 Å². The van der Waals surface area contributed by atoms with Gasteiger partial charge in [0.2, 0.25) is 0 Å². The van der Waals surface area contributed by atoms with E-state index in [2.05, 4.69) is 21.3 Å². The summed E-state index contributed by atoms with van der Waals surface area (Å²) < 4.78 is 5.73. The number of amides is 1. The van der Waals surface area contributed by atoms with Crippen LogP contribution in [0.25, 0.3) is 0 Å². The molecular formula is C23H46N4O5. The molecule has 0 spiro atoms. The molecule has 2 heterocycles. The van der Waals surface area contributed by atoms with E-state index in [1.165, 1.54) is 0 Å². The second kappa shape index (κ2) is 9.09. The Morgan fingerprint density at radius 3 is 1.75 bits per heavy atom. The van der Waals surface area contributed by atoms with Gasteiger partial charge in [-0.3, -0.25) is 10.1 Å². The van der Waals surface area contributed by atoms with Gasteiger partial charge in [-0.2, -0.15) is 0 Å². The lowest BCUT2D eigenvalue weighted by molar-refractivity contribution is -0.246. The number of nitrogens with one attached hydrogen (secondary N) is 4. The predicted molar refractivity (Wildman–Crippen MR) is 124 cm³/mol. The Labute approximate surface area is 193 Å². The largest absolute Gasteiger partial charge is 0.390 e. The van der Waals surface area contributed by atoms with Crippen LogP contribution in [0.3, 0.4) is 0 Å². The summed E-state index contributed by atoms with van der Waals surface area (Å²) in [5.41, 5.74) is -2.80. The summed E-state index contributed by atoms with van der Waals surface area (Å²) in [7, 11) is 0. The molecule has 0 bridgehead atoms. The van der Waals surface area contributed by atoms with Crippen LogP contribution in [0.5, 0.6) is 0 Å². The van der Waals surface area contributed by atoms with Crippen molar-refractivity contribution in [2.75, 3.05) is 19.8 Å². The maximum absolute atomic E-state index is 12.7. The number of hydrogen-bond acceptors (Lipinski definition) is 8. The number of rotatable bonds is 8. The molecule has 1 unspecified atom stereocenters. The Bertz CT molecular complexity index is 645. The quantitative estimate of drug-likeness (QED) is 0.204. The highest BCUT2D eigenvalue weighted by atomic mass is 16.6. The van der Waals surface area contributed by atoms with E-state index >= 15 is 0 Å². The minimum atomic E-state index is -1.49. The van der Waals surface area contributed by atoms with E-state index in [0.29, 0.717) is 12.8 Å². The van der Waals surface area contributed by atoms with Crippen LogP contribution in [0.4, 0.5) is 0 Å². The van der Waals surface area contributed by atoms with E-state index in [1.54, 1.807) is 0 Å². The molecule has 1 amide bonds. The summed E-state index contributed by atoms with van der Waals surface area (Å²) >= 11 is 0. The highest BCUT2D eigenvalue weighted by molar-refractivity contribution is 5.85. The van der Waals surface area contributed by atoms with Gasteiger partial charge in [-0.1, -0.05) is 0 Å². The van der Waals surface area contributed by atoms with Crippen molar-refractivity contribution in [3.63, 3.8) is 0 Å². The van der Waals surface area contributed by atoms with Gasteiger partial charge >= 0.3 is 0 Å². The van der Waals surface area contributed by atoms with Crippen molar-refractivity contribution in [1.29, 1.82) is 0 Å². The summed E-state index contributed by atoms with van der Waals surface area (Å²) in [5, 5.41) is 44.7. The van der Waals surface area contributed by atoms with Crippen molar-refractivity contribution in [3.8, 4) is 0 Å². The van der Waals surface area contributed by atoms with Gasteiger partial charge in [-0.05, 0) is 55.4 Å². The SMILES string of the molecule is CC1(C)CC(O)(OCNCC(O)CNC(=O)C2(O)CC(C)(C)NC(C)(C)C2)CC(C)(C)N1. The third kappa shape index (κ3) is 7.90. The normalized spacial score (nSPS) is 28.0. The Balaban J connectivity index is 1.77. The summed E-state index contributed by atoms with van der Waals surface area (Å²) in [6.07, 6.45) is 0.618. The molecule has 1 atom stereocenters. The molecule has 0 radical (unpaired) electrons. The zero-order valence-corrected chi connectivity index (χ0v) is 21.2. The molecule has 0 aromatic carbocycles. The molecule has 32 heavy (non-hydrogen) atoms. The number of piperidine rings is 2. The van der Waals surface area contributed by atoms with Crippen molar-refractivity contribution in [2.45, 2.75) is 121 Å². The second-order valence-electron chi connectivity index (χ2n) is 12.6. The van der Waals surface area contributed by atoms with E-state index in [-0.39, 0.29) is 54.8 Å². The number of carbonyl (C=O) groups is 1. The molecule has 188 valence electrons. The maximum Gasteiger partial charge on any atom is 0.252 e. The van der Waals surface area contributed by atoms with Crippen LogP contribution in [0, 0.1) is 0 Å². The summed E-state index contributed by atoms with van der Waals surface area (Å²) in [4.78, 5) is 12.7. The van der Waals surface area contributed by atoms with Gasteiger partial charge in [0.15, 0.2) is 5.79 Å². The third-order valence-electron chi connectivity index (χ3n) is 6.00. The summed E-state index contributed by atoms with van der Waals surface area (Å²) in [6.45, 7) is 16.2. The minimum absolute atomic E-state index is 0.0106. The van der Waals surface area contributed by atoms with E-state index in [1.807, 2.05) is 55.4 Å². The molecule has 2 aliphatic heterocycles. The molecule has 2 aliphatic rings. The maximum atomic E-state index is 12.7. The number of ether oxygens (including phenoxy) is 1. The Morgan fingerprint density at radius 2 is 1.28 bits per heavy atom. The average molecular weight is 459 g/mol. The van der Waals surface area contributed by atoms with Gasteiger partial charge < -0.3 is 36.0 Å². The second-order valence-corrected chi connectivity index (χ2v) is 12.6. The van der Waals surface area contributed by atoms with Crippen molar-refractivity contribution in [1.82, 2.24) is 21.3 Å². The lowest BCUT2D eigenvalue weighted by Crippen LogP contribution is -2.67. The molecule has 0 saturated carbocycles. The topological polar surface area (TPSA) is 135 Å². The standard InChI is InChI=1S/C23H46N4O5/c1-18(2)11-22(30,12-19(3,4)26-18)17(29)25-10-16(28)9-24-15-32-23(31)13-20(5,6)27-21(7,8)14-23/h16,24,26-28,30-31H,9-15H2,1-8H3,(H,25,29). The fourth-order valence-electron chi connectivity index (χ4n) is 6.10. The van der Waals surface area contributed by atoms with Crippen molar-refractivity contribution < 1.29 is 24.9 Å². The van der Waals surface area contributed by atoms with Crippen molar-refractivity contribution in [2.24, 2.45) is 0 Å². The first kappa shape index (κ1) is 27.4. The van der Waals surface area contributed by atoms with Crippen LogP contribution in [0.15, 0.2) is 0 Å². The monoisotopic (exact) mass is 458 g/mol. The predicted octanol–water partition coefficient (Wildman–Crippen LogP) is 0.328. The van der Waals surface area contributed by atoms with Crippen LogP contribution < -0.4 is 21.3 Å². The van der Waals surface area contributed by atoms with Crippen molar-refractivity contribution >= 4 is 5.91 Å². The van der Waals surface area contributed by atoms with E-state index in [0.717, 1.165) is 0 Å². The van der Waals surface area contributed by atoms with E-state index < -0.39 is 23.4 Å². The molecular weight excluding hydrogens is 412 g/mol. The fraction of sp³-hybridized carbons (Fsp3) is 0.957. The van der Waals surface area contributed by atoms with E-state index in [4.69, 9.17) is 4.74 Å².